The van der Waals surface area contributed by atoms with Gasteiger partial charge in [0.25, 0.3) is 5.56 Å². The second-order valence-electron chi connectivity index (χ2n) is 13.7. The quantitative estimate of drug-likeness (QED) is 0.435. The summed E-state index contributed by atoms with van der Waals surface area (Å²) in [5.74, 6) is -0.345. The zero-order chi connectivity index (χ0) is 30.4. The number of nitrogens with one attached hydrogen (secondary N) is 1. The Morgan fingerprint density at radius 1 is 1.07 bits per heavy atom. The van der Waals surface area contributed by atoms with Crippen LogP contribution in [-0.2, 0) is 18.6 Å². The van der Waals surface area contributed by atoms with E-state index in [1.54, 1.807) is 46.1 Å². The van der Waals surface area contributed by atoms with Crippen LogP contribution in [0, 0.1) is 0 Å². The van der Waals surface area contributed by atoms with Gasteiger partial charge in [-0.2, -0.15) is 9.55 Å². The summed E-state index contributed by atoms with van der Waals surface area (Å²) >= 11 is 0. The Bertz CT molecular complexity index is 1310. The van der Waals surface area contributed by atoms with Crippen LogP contribution in [0.25, 0.3) is 11.2 Å². The molecule has 2 aromatic heterocycles. The number of imidazole rings is 1. The van der Waals surface area contributed by atoms with Gasteiger partial charge >= 0.3 is 12.2 Å². The largest absolute Gasteiger partial charge is 0.444 e. The molecule has 3 atom stereocenters. The third-order valence-electron chi connectivity index (χ3n) is 6.93. The van der Waals surface area contributed by atoms with Gasteiger partial charge in [0.1, 0.15) is 17.4 Å². The Hall–Kier alpha value is -2.77. The first-order chi connectivity index (χ1) is 18.1. The number of hydrogen-bond donors (Lipinski definition) is 1. The van der Waals surface area contributed by atoms with E-state index < -0.39 is 43.5 Å². The van der Waals surface area contributed by atoms with E-state index in [0.717, 1.165) is 6.42 Å². The summed E-state index contributed by atoms with van der Waals surface area (Å²) in [6.45, 7) is 23.1. The lowest BCUT2D eigenvalue weighted by Gasteiger charge is -2.39. The first-order valence-electron chi connectivity index (χ1n) is 13.7. The molecule has 2 aromatic rings. The van der Waals surface area contributed by atoms with Crippen LogP contribution in [0.5, 0.6) is 0 Å². The Morgan fingerprint density at radius 3 is 2.20 bits per heavy atom. The van der Waals surface area contributed by atoms with E-state index in [-0.39, 0.29) is 34.4 Å². The highest BCUT2D eigenvalue weighted by Gasteiger charge is 2.45. The molecule has 0 aliphatic carbocycles. The third-order valence-corrected chi connectivity index (χ3v) is 11.4. The summed E-state index contributed by atoms with van der Waals surface area (Å²) < 4.78 is 26.1. The summed E-state index contributed by atoms with van der Waals surface area (Å²) in [6, 6.07) is 0. The maximum absolute atomic E-state index is 13.5. The Labute approximate surface area is 236 Å². The van der Waals surface area contributed by atoms with Gasteiger partial charge in [0.2, 0.25) is 5.95 Å². The number of nitrogens with zero attached hydrogens (tertiary/aromatic N) is 4. The monoisotopic (exact) mass is 579 g/mol. The van der Waals surface area contributed by atoms with E-state index in [9.17, 15) is 14.4 Å². The number of rotatable bonds is 5. The molecule has 0 saturated carbocycles. The lowest BCUT2D eigenvalue weighted by atomic mass is 10.1. The van der Waals surface area contributed by atoms with Gasteiger partial charge in [0, 0.05) is 6.42 Å². The number of anilines is 1. The molecule has 224 valence electrons. The molecule has 3 heterocycles. The highest BCUT2D eigenvalue weighted by molar-refractivity contribution is 6.74. The fourth-order valence-electron chi connectivity index (χ4n) is 4.05. The van der Waals surface area contributed by atoms with E-state index in [4.69, 9.17) is 18.6 Å². The first-order valence-corrected chi connectivity index (χ1v) is 16.6. The molecule has 1 amide bonds. The van der Waals surface area contributed by atoms with Crippen molar-refractivity contribution in [3.8, 4) is 0 Å². The number of aromatic nitrogens is 4. The van der Waals surface area contributed by atoms with Crippen LogP contribution in [0.15, 0.2) is 11.1 Å². The van der Waals surface area contributed by atoms with Crippen molar-refractivity contribution in [2.45, 2.75) is 130 Å². The van der Waals surface area contributed by atoms with Crippen LogP contribution in [0.1, 0.15) is 88.3 Å². The number of amides is 1. The molecule has 12 nitrogen and oxygen atoms in total. The zero-order valence-electron chi connectivity index (χ0n) is 25.9. The Balaban J connectivity index is 2.06. The van der Waals surface area contributed by atoms with E-state index in [1.807, 2.05) is 6.92 Å². The molecule has 0 aromatic carbocycles. The SMILES string of the molecule is CC[C@H]1O[C@@H](n2cnc3c(=O)n(C(=O)OC(C)(C)C)c(NC(=O)OC(C)(C)C)nc32)C[C@H]1O[Si](C)(C)C(C)(C)C. The van der Waals surface area contributed by atoms with Crippen molar-refractivity contribution < 1.29 is 28.2 Å². The standard InChI is InChI=1S/C27H45N5O7Si/c1-13-16-17(39-40(11,12)27(8,9)10)14-18(36-16)31-15-28-19-20(31)29-22(30-23(34)37-25(2,3)4)32(21(19)33)24(35)38-26(5,6)7/h15-18H,13-14H2,1-12H3,(H,29,30,34)/t16-,17-,18-/m1/s1. The summed E-state index contributed by atoms with van der Waals surface area (Å²) in [5, 5.41) is 2.47. The number of carbonyl (C=O) groups is 2. The van der Waals surface area contributed by atoms with Gasteiger partial charge in [-0.3, -0.25) is 14.7 Å². The highest BCUT2D eigenvalue weighted by atomic mass is 28.4. The highest BCUT2D eigenvalue weighted by Crippen LogP contribution is 2.42. The molecule has 40 heavy (non-hydrogen) atoms. The molecule has 1 aliphatic heterocycles. The van der Waals surface area contributed by atoms with Gasteiger partial charge in [-0.15, -0.1) is 0 Å². The molecule has 13 heteroatoms. The number of carbonyl (C=O) groups excluding carboxylic acids is 2. The molecule has 0 spiro atoms. The van der Waals surface area contributed by atoms with Crippen molar-refractivity contribution >= 4 is 37.6 Å². The topological polar surface area (TPSA) is 136 Å². The van der Waals surface area contributed by atoms with Crippen LogP contribution in [0.4, 0.5) is 15.5 Å². The molecule has 0 radical (unpaired) electrons. The number of fused-ring (bicyclic) bond motifs is 1. The minimum Gasteiger partial charge on any atom is -0.444 e. The third kappa shape index (κ3) is 7.10. The summed E-state index contributed by atoms with van der Waals surface area (Å²) in [7, 11) is -2.08. The lowest BCUT2D eigenvalue weighted by Crippen LogP contribution is -2.45. The van der Waals surface area contributed by atoms with Crippen molar-refractivity contribution in [2.75, 3.05) is 5.32 Å². The second kappa shape index (κ2) is 10.9. The number of ether oxygens (including phenoxy) is 3. The van der Waals surface area contributed by atoms with Crippen molar-refractivity contribution in [3.05, 3.63) is 16.7 Å². The molecule has 0 bridgehead atoms. The average molecular weight is 580 g/mol. The fourth-order valence-corrected chi connectivity index (χ4v) is 5.41. The smallest absolute Gasteiger partial charge is 0.424 e. The van der Waals surface area contributed by atoms with Gasteiger partial charge < -0.3 is 18.6 Å². The molecular weight excluding hydrogens is 534 g/mol. The van der Waals surface area contributed by atoms with E-state index in [2.05, 4.69) is 49.1 Å². The van der Waals surface area contributed by atoms with Gasteiger partial charge in [-0.1, -0.05) is 27.7 Å². The predicted molar refractivity (Wildman–Crippen MR) is 154 cm³/mol. The van der Waals surface area contributed by atoms with Crippen LogP contribution in [0.3, 0.4) is 0 Å². The molecule has 1 N–H and O–H groups in total. The van der Waals surface area contributed by atoms with Crippen molar-refractivity contribution in [3.63, 3.8) is 0 Å². The van der Waals surface area contributed by atoms with Crippen LogP contribution in [0.2, 0.25) is 18.1 Å². The van der Waals surface area contributed by atoms with Crippen molar-refractivity contribution in [2.24, 2.45) is 0 Å². The van der Waals surface area contributed by atoms with Gasteiger partial charge in [-0.25, -0.2) is 14.6 Å². The van der Waals surface area contributed by atoms with Crippen LogP contribution in [-0.4, -0.2) is 63.0 Å². The first kappa shape index (κ1) is 31.8. The second-order valence-corrected chi connectivity index (χ2v) is 18.5. The zero-order valence-corrected chi connectivity index (χ0v) is 26.9. The maximum Gasteiger partial charge on any atom is 0.424 e. The molecule has 1 saturated heterocycles. The molecular formula is C27H45N5O7Si. The van der Waals surface area contributed by atoms with E-state index >= 15 is 0 Å². The van der Waals surface area contributed by atoms with E-state index in [1.165, 1.54) is 6.33 Å². The fraction of sp³-hybridized carbons (Fsp3) is 0.741. The molecule has 3 rings (SSSR count). The van der Waals surface area contributed by atoms with Crippen LogP contribution < -0.4 is 10.9 Å². The Kier molecular flexibility index (Phi) is 8.65. The molecule has 0 unspecified atom stereocenters. The minimum absolute atomic E-state index is 0.0294. The van der Waals surface area contributed by atoms with Gasteiger partial charge in [0.15, 0.2) is 19.5 Å². The summed E-state index contributed by atoms with van der Waals surface area (Å²) in [5.41, 5.74) is -2.42. The Morgan fingerprint density at radius 2 is 1.68 bits per heavy atom. The van der Waals surface area contributed by atoms with Crippen molar-refractivity contribution in [1.82, 2.24) is 19.1 Å². The normalized spacial score (nSPS) is 20.6. The average Bonchev–Trinajstić information content (AvgIpc) is 3.33. The van der Waals surface area contributed by atoms with Gasteiger partial charge in [-0.05, 0) is 66.1 Å². The van der Waals surface area contributed by atoms with E-state index in [0.29, 0.717) is 11.0 Å². The van der Waals surface area contributed by atoms with Crippen LogP contribution >= 0.6 is 0 Å². The van der Waals surface area contributed by atoms with Gasteiger partial charge in [0.05, 0.1) is 18.5 Å². The van der Waals surface area contributed by atoms with Crippen molar-refractivity contribution in [1.29, 1.82) is 0 Å². The summed E-state index contributed by atoms with van der Waals surface area (Å²) in [4.78, 5) is 48.0. The predicted octanol–water partition coefficient (Wildman–Crippen LogP) is 5.81. The number of hydrogen-bond acceptors (Lipinski definition) is 9. The summed E-state index contributed by atoms with van der Waals surface area (Å²) in [6.07, 6.45) is 0.0411. The minimum atomic E-state index is -2.08. The molecule has 1 aliphatic rings. The molecule has 1 fully saturated rings. The maximum atomic E-state index is 13.5. The lowest BCUT2D eigenvalue weighted by molar-refractivity contribution is -0.0161.